The van der Waals surface area contributed by atoms with Crippen molar-refractivity contribution in [1.29, 1.82) is 0 Å². The van der Waals surface area contributed by atoms with Gasteiger partial charge < -0.3 is 14.1 Å². The summed E-state index contributed by atoms with van der Waals surface area (Å²) < 4.78 is 14.0. The van der Waals surface area contributed by atoms with Gasteiger partial charge in [-0.3, -0.25) is 14.2 Å². The molecule has 1 atom stereocenters. The molecule has 0 aliphatic carbocycles. The first kappa shape index (κ1) is 28.3. The number of ether oxygens (including phenoxy) is 1. The van der Waals surface area contributed by atoms with Gasteiger partial charge >= 0.3 is 5.97 Å². The Hall–Kier alpha value is -3.19. The van der Waals surface area contributed by atoms with Crippen LogP contribution in [0.5, 0.6) is 0 Å². The molecule has 0 fully saturated rings. The molecule has 0 radical (unpaired) electrons. The molecule has 1 aliphatic heterocycles. The molecule has 0 saturated carbocycles. The quantitative estimate of drug-likeness (QED) is 0.234. The molecule has 0 bridgehead atoms. The molecule has 1 aliphatic rings. The highest BCUT2D eigenvalue weighted by atomic mass is 79.9. The van der Waals surface area contributed by atoms with E-state index in [1.54, 1.807) is 64.1 Å². The van der Waals surface area contributed by atoms with Crippen molar-refractivity contribution in [3.05, 3.63) is 104 Å². The van der Waals surface area contributed by atoms with Crippen molar-refractivity contribution in [3.8, 4) is 0 Å². The smallest absolute Gasteiger partial charge is 0.338 e. The number of nitrogens with zero attached hydrogens (tertiary/aromatic N) is 3. The fraction of sp³-hybridized carbons (Fsp3) is 0.222. The molecule has 1 N–H and O–H groups in total. The van der Waals surface area contributed by atoms with Crippen molar-refractivity contribution < 1.29 is 13.9 Å². The SMILES string of the molecule is CC1=C(C(=O)OC(C)C)[C@@H](c2ccc(Cl)cc2)n2c(s/c(=C/c3cc(Br)c(Sc4nc(C)cc(=O)[nH]4)o3)c2=O)=N1. The van der Waals surface area contributed by atoms with Crippen LogP contribution in [0.15, 0.2) is 81.4 Å². The van der Waals surface area contributed by atoms with Crippen LogP contribution in [0.3, 0.4) is 0 Å². The Morgan fingerprint density at radius 1 is 1.25 bits per heavy atom. The molecule has 1 aromatic carbocycles. The van der Waals surface area contributed by atoms with Gasteiger partial charge in [0.1, 0.15) is 5.76 Å². The number of aromatic nitrogens is 3. The number of furan rings is 1. The van der Waals surface area contributed by atoms with Crippen molar-refractivity contribution in [3.63, 3.8) is 0 Å². The largest absolute Gasteiger partial charge is 0.459 e. The first-order valence-corrected chi connectivity index (χ1v) is 14.8. The molecule has 40 heavy (non-hydrogen) atoms. The lowest BCUT2D eigenvalue weighted by atomic mass is 9.96. The number of fused-ring (bicyclic) bond motifs is 1. The highest BCUT2D eigenvalue weighted by Gasteiger charge is 2.33. The maximum atomic E-state index is 13.8. The van der Waals surface area contributed by atoms with E-state index in [1.165, 1.54) is 22.0 Å². The van der Waals surface area contributed by atoms with Crippen LogP contribution in [-0.4, -0.2) is 26.6 Å². The fourth-order valence-corrected chi connectivity index (χ4v) is 6.66. The molecule has 4 aromatic rings. The van der Waals surface area contributed by atoms with Crippen LogP contribution in [0, 0.1) is 6.92 Å². The van der Waals surface area contributed by atoms with Gasteiger partial charge in [0.25, 0.3) is 11.1 Å². The van der Waals surface area contributed by atoms with Crippen LogP contribution < -0.4 is 20.5 Å². The Kier molecular flexibility index (Phi) is 8.05. The third-order valence-electron chi connectivity index (χ3n) is 5.76. The second kappa shape index (κ2) is 11.4. The van der Waals surface area contributed by atoms with Crippen LogP contribution in [0.25, 0.3) is 6.08 Å². The summed E-state index contributed by atoms with van der Waals surface area (Å²) in [4.78, 5) is 50.8. The monoisotopic (exact) mass is 660 g/mol. The van der Waals surface area contributed by atoms with Gasteiger partial charge in [-0.1, -0.05) is 35.1 Å². The van der Waals surface area contributed by atoms with Gasteiger partial charge in [-0.15, -0.1) is 0 Å². The highest BCUT2D eigenvalue weighted by Crippen LogP contribution is 2.35. The van der Waals surface area contributed by atoms with Gasteiger partial charge in [-0.25, -0.2) is 14.8 Å². The second-order valence-corrected chi connectivity index (χ2v) is 12.4. The Bertz CT molecular complexity index is 1900. The lowest BCUT2D eigenvalue weighted by molar-refractivity contribution is -0.143. The van der Waals surface area contributed by atoms with Crippen molar-refractivity contribution >= 4 is 62.7 Å². The minimum absolute atomic E-state index is 0.263. The first-order chi connectivity index (χ1) is 19.0. The number of aromatic amines is 1. The molecule has 0 spiro atoms. The predicted octanol–water partition coefficient (Wildman–Crippen LogP) is 4.74. The number of halogens is 2. The summed E-state index contributed by atoms with van der Waals surface area (Å²) in [5.74, 6) is -0.127. The van der Waals surface area contributed by atoms with Crippen LogP contribution in [0.1, 0.15) is 43.8 Å². The molecular formula is C27H22BrClN4O5S2. The zero-order valence-corrected chi connectivity index (χ0v) is 25.6. The molecule has 0 unspecified atom stereocenters. The Morgan fingerprint density at radius 3 is 2.65 bits per heavy atom. The summed E-state index contributed by atoms with van der Waals surface area (Å²) in [5, 5.41) is 1.37. The number of thiazole rings is 1. The van der Waals surface area contributed by atoms with E-state index in [-0.39, 0.29) is 22.8 Å². The van der Waals surface area contributed by atoms with E-state index in [0.717, 1.165) is 11.8 Å². The number of hydrogen-bond donors (Lipinski definition) is 1. The Balaban J connectivity index is 1.60. The topological polar surface area (TPSA) is 120 Å². The second-order valence-electron chi connectivity index (χ2n) is 9.17. The third-order valence-corrected chi connectivity index (χ3v) is 8.72. The molecule has 9 nitrogen and oxygen atoms in total. The highest BCUT2D eigenvalue weighted by molar-refractivity contribution is 9.10. The maximum absolute atomic E-state index is 13.8. The van der Waals surface area contributed by atoms with Gasteiger partial charge in [0, 0.05) is 22.9 Å². The summed E-state index contributed by atoms with van der Waals surface area (Å²) >= 11 is 11.9. The first-order valence-electron chi connectivity index (χ1n) is 12.0. The van der Waals surface area contributed by atoms with Crippen LogP contribution in [-0.2, 0) is 9.53 Å². The molecule has 3 aromatic heterocycles. The van der Waals surface area contributed by atoms with Gasteiger partial charge in [0.15, 0.2) is 15.1 Å². The van der Waals surface area contributed by atoms with Crippen LogP contribution in [0.4, 0.5) is 0 Å². The number of aryl methyl sites for hydroxylation is 1. The van der Waals surface area contributed by atoms with E-state index < -0.39 is 12.0 Å². The third kappa shape index (κ3) is 5.80. The van der Waals surface area contributed by atoms with E-state index in [0.29, 0.717) is 51.8 Å². The standard InChI is InChI=1S/C27H22BrClN4O5S2/c1-12(2)37-24(36)21-14(4)31-27-33(22(21)15-5-7-16(29)8-6-15)23(35)19(39-27)11-17-10-18(28)25(38-17)40-26-30-13(3)9-20(34)32-26/h5-12,22H,1-4H3,(H,30,32,34)/b19-11+/t22-/m1/s1. The van der Waals surface area contributed by atoms with E-state index >= 15 is 0 Å². The number of esters is 1. The minimum atomic E-state index is -0.749. The number of H-pyrrole nitrogens is 1. The number of allylic oxidation sites excluding steroid dienone is 1. The average Bonchev–Trinajstić information content (AvgIpc) is 3.35. The molecule has 0 saturated heterocycles. The number of rotatable bonds is 6. The van der Waals surface area contributed by atoms with Gasteiger partial charge in [0.05, 0.1) is 32.4 Å². The maximum Gasteiger partial charge on any atom is 0.338 e. The van der Waals surface area contributed by atoms with Crippen molar-refractivity contribution in [2.75, 3.05) is 0 Å². The Morgan fingerprint density at radius 2 is 1.98 bits per heavy atom. The Labute approximate surface area is 249 Å². The average molecular weight is 662 g/mol. The normalized spacial score (nSPS) is 15.4. The fourth-order valence-electron chi connectivity index (χ4n) is 4.15. The van der Waals surface area contributed by atoms with Crippen molar-refractivity contribution in [2.24, 2.45) is 4.99 Å². The van der Waals surface area contributed by atoms with Crippen LogP contribution >= 0.6 is 50.6 Å². The van der Waals surface area contributed by atoms with Gasteiger partial charge in [-0.05, 0) is 79.1 Å². The lowest BCUT2D eigenvalue weighted by Gasteiger charge is -2.25. The predicted molar refractivity (Wildman–Crippen MR) is 157 cm³/mol. The molecule has 5 rings (SSSR count). The van der Waals surface area contributed by atoms with E-state index in [2.05, 4.69) is 30.9 Å². The lowest BCUT2D eigenvalue weighted by Crippen LogP contribution is -2.40. The van der Waals surface area contributed by atoms with Gasteiger partial charge in [-0.2, -0.15) is 0 Å². The number of benzene rings is 1. The number of carbonyl (C=O) groups is 1. The summed E-state index contributed by atoms with van der Waals surface area (Å²) in [6, 6.07) is 9.36. The summed E-state index contributed by atoms with van der Waals surface area (Å²) in [6.07, 6.45) is 1.27. The number of hydrogen-bond acceptors (Lipinski definition) is 9. The van der Waals surface area contributed by atoms with E-state index in [4.69, 9.17) is 20.8 Å². The van der Waals surface area contributed by atoms with Gasteiger partial charge in [0.2, 0.25) is 0 Å². The van der Waals surface area contributed by atoms with E-state index in [1.807, 2.05) is 0 Å². The van der Waals surface area contributed by atoms with E-state index in [9.17, 15) is 14.4 Å². The molecule has 0 amide bonds. The summed E-state index contributed by atoms with van der Waals surface area (Å²) in [6.45, 7) is 6.99. The van der Waals surface area contributed by atoms with Crippen molar-refractivity contribution in [1.82, 2.24) is 14.5 Å². The van der Waals surface area contributed by atoms with Crippen molar-refractivity contribution in [2.45, 2.75) is 50.1 Å². The molecule has 4 heterocycles. The summed E-state index contributed by atoms with van der Waals surface area (Å²) in [7, 11) is 0. The zero-order chi connectivity index (χ0) is 28.7. The van der Waals surface area contributed by atoms with Crippen LogP contribution in [0.2, 0.25) is 5.02 Å². The molecule has 206 valence electrons. The summed E-state index contributed by atoms with van der Waals surface area (Å²) in [5.41, 5.74) is 1.43. The zero-order valence-electron chi connectivity index (χ0n) is 21.7. The minimum Gasteiger partial charge on any atom is -0.459 e. The number of carbonyl (C=O) groups excluding carboxylic acids is 1. The number of nitrogens with one attached hydrogen (secondary N) is 1. The molecular weight excluding hydrogens is 640 g/mol. The molecule has 13 heteroatoms.